The average molecular weight is 442 g/mol. The van der Waals surface area contributed by atoms with Gasteiger partial charge in [0.1, 0.15) is 5.82 Å². The fourth-order valence-electron chi connectivity index (χ4n) is 4.49. The number of ether oxygens (including phenoxy) is 1. The highest BCUT2D eigenvalue weighted by atomic mass is 19.1. The first kappa shape index (κ1) is 22.2. The predicted molar refractivity (Wildman–Crippen MR) is 119 cm³/mol. The summed E-state index contributed by atoms with van der Waals surface area (Å²) in [5, 5.41) is 13.5. The lowest BCUT2D eigenvalue weighted by atomic mass is 10.0. The molecule has 32 heavy (non-hydrogen) atoms. The summed E-state index contributed by atoms with van der Waals surface area (Å²) in [4.78, 5) is 26.9. The summed E-state index contributed by atoms with van der Waals surface area (Å²) >= 11 is 0. The molecule has 1 aromatic carbocycles. The van der Waals surface area contributed by atoms with Crippen molar-refractivity contribution < 1.29 is 23.8 Å². The zero-order chi connectivity index (χ0) is 23.0. The number of fused-ring (bicyclic) bond motifs is 1. The molecule has 4 rings (SSSR count). The fraction of sp³-hybridized carbons (Fsp3) is 0.391. The van der Waals surface area contributed by atoms with Crippen molar-refractivity contribution in [3.63, 3.8) is 0 Å². The molecule has 2 aliphatic heterocycles. The van der Waals surface area contributed by atoms with Crippen LogP contribution in [-0.4, -0.2) is 65.3 Å². The van der Waals surface area contributed by atoms with Gasteiger partial charge in [-0.25, -0.2) is 4.39 Å². The Bertz CT molecular complexity index is 1100. The van der Waals surface area contributed by atoms with Crippen LogP contribution in [0.15, 0.2) is 18.2 Å². The van der Waals surface area contributed by atoms with Crippen LogP contribution in [-0.2, 0) is 16.1 Å². The molecule has 2 aromatic rings. The molecule has 170 valence electrons. The highest BCUT2D eigenvalue weighted by molar-refractivity contribution is 6.35. The maximum atomic E-state index is 13.8. The molecule has 0 unspecified atom stereocenters. The summed E-state index contributed by atoms with van der Waals surface area (Å²) in [6.07, 6.45) is 0.926. The minimum Gasteiger partial charge on any atom is -0.390 e. The molecule has 1 aromatic heterocycles. The van der Waals surface area contributed by atoms with Crippen LogP contribution in [0.1, 0.15) is 32.9 Å². The van der Waals surface area contributed by atoms with E-state index < -0.39 is 17.8 Å². The molecule has 4 N–H and O–H groups in total. The molecule has 2 amide bonds. The van der Waals surface area contributed by atoms with Gasteiger partial charge in [-0.2, -0.15) is 0 Å². The van der Waals surface area contributed by atoms with Crippen LogP contribution in [0.4, 0.5) is 10.1 Å². The molecule has 9 heteroatoms. The van der Waals surface area contributed by atoms with E-state index >= 15 is 0 Å². The highest BCUT2D eigenvalue weighted by Crippen LogP contribution is 2.35. The van der Waals surface area contributed by atoms with Gasteiger partial charge in [-0.05, 0) is 43.7 Å². The lowest BCUT2D eigenvalue weighted by molar-refractivity contribution is -0.110. The van der Waals surface area contributed by atoms with E-state index in [1.54, 1.807) is 24.5 Å². The topological polar surface area (TPSA) is 110 Å². The molecule has 1 fully saturated rings. The summed E-state index contributed by atoms with van der Waals surface area (Å²) in [7, 11) is 0. The van der Waals surface area contributed by atoms with E-state index in [0.717, 1.165) is 13.1 Å². The van der Waals surface area contributed by atoms with Gasteiger partial charge in [-0.15, -0.1) is 0 Å². The fourth-order valence-corrected chi connectivity index (χ4v) is 4.49. The largest absolute Gasteiger partial charge is 0.390 e. The van der Waals surface area contributed by atoms with E-state index in [0.29, 0.717) is 59.1 Å². The Kier molecular flexibility index (Phi) is 6.14. The molecule has 3 heterocycles. The smallest absolute Gasteiger partial charge is 0.256 e. The van der Waals surface area contributed by atoms with Crippen LogP contribution in [0.2, 0.25) is 0 Å². The Morgan fingerprint density at radius 3 is 2.72 bits per heavy atom. The van der Waals surface area contributed by atoms with E-state index in [4.69, 9.17) is 10.5 Å². The van der Waals surface area contributed by atoms with Crippen molar-refractivity contribution in [2.45, 2.75) is 26.5 Å². The number of nitrogens with two attached hydrogens (primary N) is 1. The van der Waals surface area contributed by atoms with Gasteiger partial charge in [0.25, 0.3) is 11.8 Å². The molecule has 1 saturated heterocycles. The highest BCUT2D eigenvalue weighted by Gasteiger charge is 2.28. The number of nitrogens with one attached hydrogen (secondary N) is 1. The van der Waals surface area contributed by atoms with Gasteiger partial charge in [-0.1, -0.05) is 0 Å². The van der Waals surface area contributed by atoms with Gasteiger partial charge >= 0.3 is 0 Å². The average Bonchev–Trinajstić information content (AvgIpc) is 3.16. The third kappa shape index (κ3) is 4.19. The van der Waals surface area contributed by atoms with E-state index in [9.17, 15) is 19.1 Å². The number of benzene rings is 1. The lowest BCUT2D eigenvalue weighted by Crippen LogP contribution is -2.42. The zero-order valence-electron chi connectivity index (χ0n) is 18.2. The van der Waals surface area contributed by atoms with E-state index in [1.165, 1.54) is 18.2 Å². The van der Waals surface area contributed by atoms with Crippen molar-refractivity contribution in [1.29, 1.82) is 0 Å². The number of hydrogen-bond acceptors (Lipinski definition) is 5. The van der Waals surface area contributed by atoms with Crippen molar-refractivity contribution in [2.75, 3.05) is 38.2 Å². The number of halogens is 1. The van der Waals surface area contributed by atoms with Gasteiger partial charge in [-0.3, -0.25) is 14.5 Å². The van der Waals surface area contributed by atoms with Crippen LogP contribution in [0, 0.1) is 19.7 Å². The number of aliphatic hydroxyl groups excluding tert-OH is 1. The van der Waals surface area contributed by atoms with Crippen molar-refractivity contribution >= 4 is 29.2 Å². The number of aliphatic hydroxyl groups is 1. The Hall–Kier alpha value is -3.01. The summed E-state index contributed by atoms with van der Waals surface area (Å²) in [6.45, 7) is 6.93. The zero-order valence-corrected chi connectivity index (χ0v) is 18.2. The summed E-state index contributed by atoms with van der Waals surface area (Å²) in [5.41, 5.74) is 9.05. The molecule has 0 spiro atoms. The molecule has 8 nitrogen and oxygen atoms in total. The first-order valence-electron chi connectivity index (χ1n) is 10.6. The summed E-state index contributed by atoms with van der Waals surface area (Å²) < 4.78 is 21.0. The Morgan fingerprint density at radius 2 is 2.03 bits per heavy atom. The van der Waals surface area contributed by atoms with Crippen molar-refractivity contribution in [2.24, 2.45) is 5.73 Å². The van der Waals surface area contributed by atoms with Gasteiger partial charge in [0.15, 0.2) is 0 Å². The van der Waals surface area contributed by atoms with Crippen LogP contribution >= 0.6 is 0 Å². The molecule has 0 radical (unpaired) electrons. The number of nitrogens with zero attached hydrogens (tertiary/aromatic N) is 2. The normalized spacial score (nSPS) is 18.6. The van der Waals surface area contributed by atoms with E-state index in [2.05, 4.69) is 10.2 Å². The minimum atomic E-state index is -0.710. The number of amides is 2. The molecule has 1 atom stereocenters. The van der Waals surface area contributed by atoms with Crippen LogP contribution in [0.3, 0.4) is 0 Å². The number of β-amino-alcohol motifs (C(OH)–C–C–N with tert-alkyl or cyclic N) is 1. The second kappa shape index (κ2) is 8.85. The second-order valence-corrected chi connectivity index (χ2v) is 8.21. The second-order valence-electron chi connectivity index (χ2n) is 8.21. The number of hydrogen-bond donors (Lipinski definition) is 3. The number of primary amides is 1. The minimum absolute atomic E-state index is 0.216. The Morgan fingerprint density at radius 1 is 1.31 bits per heavy atom. The van der Waals surface area contributed by atoms with Gasteiger partial charge < -0.3 is 25.5 Å². The number of rotatable bonds is 6. The molecule has 0 aliphatic carbocycles. The van der Waals surface area contributed by atoms with E-state index in [1.807, 2.05) is 0 Å². The molecule has 0 saturated carbocycles. The van der Waals surface area contributed by atoms with Crippen molar-refractivity contribution in [1.82, 2.24) is 9.47 Å². The van der Waals surface area contributed by atoms with Crippen LogP contribution in [0.5, 0.6) is 0 Å². The molecule has 2 aliphatic rings. The third-order valence-electron chi connectivity index (χ3n) is 6.07. The lowest BCUT2D eigenvalue weighted by Gasteiger charge is -2.29. The Balaban J connectivity index is 1.73. The van der Waals surface area contributed by atoms with Gasteiger partial charge in [0.05, 0.1) is 37.0 Å². The van der Waals surface area contributed by atoms with Crippen molar-refractivity contribution in [3.8, 4) is 0 Å². The van der Waals surface area contributed by atoms with E-state index in [-0.39, 0.29) is 12.5 Å². The number of carbonyl (C=O) groups is 2. The Labute approximate surface area is 185 Å². The molecular weight excluding hydrogens is 415 g/mol. The van der Waals surface area contributed by atoms with Crippen molar-refractivity contribution in [3.05, 3.63) is 52.1 Å². The number of carbonyl (C=O) groups excluding carboxylic acids is 2. The maximum absolute atomic E-state index is 13.8. The quantitative estimate of drug-likeness (QED) is 0.588. The summed E-state index contributed by atoms with van der Waals surface area (Å²) in [5.74, 6) is -1.39. The third-order valence-corrected chi connectivity index (χ3v) is 6.07. The number of aromatic nitrogens is 1. The van der Waals surface area contributed by atoms with Crippen LogP contribution < -0.4 is 11.1 Å². The standard InChI is InChI=1S/C23H27FN4O4/c1-13-20(10-18-17-9-15(24)3-4-19(17)26-23(18)31)28(14(2)21(13)22(25)30)12-16(29)11-27-5-7-32-8-6-27/h3-4,9-10,16,29H,5-8,11-12H2,1-2H3,(H2,25,30)(H,26,31)/b18-10-/t16-/m1/s1. The first-order valence-corrected chi connectivity index (χ1v) is 10.6. The number of anilines is 1. The maximum Gasteiger partial charge on any atom is 0.256 e. The molecular formula is C23H27FN4O4. The van der Waals surface area contributed by atoms with Gasteiger partial charge in [0.2, 0.25) is 0 Å². The molecule has 0 bridgehead atoms. The van der Waals surface area contributed by atoms with Gasteiger partial charge in [0, 0.05) is 42.3 Å². The number of morpholine rings is 1. The predicted octanol–water partition coefficient (Wildman–Crippen LogP) is 1.53. The SMILES string of the molecule is Cc1c(C(N)=O)c(C)n(C[C@H](O)CN2CCOCC2)c1/C=C1\C(=O)Nc2ccc(F)cc21. The van der Waals surface area contributed by atoms with Crippen LogP contribution in [0.25, 0.3) is 11.6 Å². The first-order chi connectivity index (χ1) is 15.3. The summed E-state index contributed by atoms with van der Waals surface area (Å²) in [6, 6.07) is 4.10. The monoisotopic (exact) mass is 442 g/mol.